The van der Waals surface area contributed by atoms with Gasteiger partial charge in [0.25, 0.3) is 0 Å². The van der Waals surface area contributed by atoms with E-state index in [4.69, 9.17) is 10.5 Å². The minimum absolute atomic E-state index is 0.0179. The number of ether oxygens (including phenoxy) is 1. The predicted molar refractivity (Wildman–Crippen MR) is 70.7 cm³/mol. The van der Waals surface area contributed by atoms with Crippen molar-refractivity contribution in [1.29, 1.82) is 0 Å². The summed E-state index contributed by atoms with van der Waals surface area (Å²) in [4.78, 5) is 13.8. The number of likely N-dealkylation sites (tertiary alicyclic amines) is 1. The van der Waals surface area contributed by atoms with Crippen molar-refractivity contribution in [1.82, 2.24) is 4.90 Å². The van der Waals surface area contributed by atoms with Crippen molar-refractivity contribution in [2.75, 3.05) is 32.1 Å². The maximum Gasteiger partial charge on any atom is 0.238 e. The molecule has 1 amide bonds. The van der Waals surface area contributed by atoms with Crippen molar-refractivity contribution in [2.24, 2.45) is 5.73 Å². The average Bonchev–Trinajstić information content (AvgIpc) is 2.27. The van der Waals surface area contributed by atoms with Crippen LogP contribution in [-0.2, 0) is 4.79 Å². The molecule has 1 aliphatic rings. The summed E-state index contributed by atoms with van der Waals surface area (Å²) >= 11 is 0. The lowest BCUT2D eigenvalue weighted by Crippen LogP contribution is -2.66. The molecule has 1 saturated heterocycles. The minimum atomic E-state index is -0.138. The number of hydrogen-bond acceptors (Lipinski definition) is 4. The fourth-order valence-electron chi connectivity index (χ4n) is 2.17. The van der Waals surface area contributed by atoms with Gasteiger partial charge in [-0.2, -0.15) is 0 Å². The van der Waals surface area contributed by atoms with Gasteiger partial charge < -0.3 is 15.8 Å². The number of methoxy groups -OCH3 is 1. The molecule has 5 nitrogen and oxygen atoms in total. The third kappa shape index (κ3) is 3.21. The SMILES string of the molecule is COc1ccc(NC(=O)CN2CC(C)(N)C2)cc1. The van der Waals surface area contributed by atoms with E-state index in [0.29, 0.717) is 6.54 Å². The van der Waals surface area contributed by atoms with E-state index in [0.717, 1.165) is 24.5 Å². The number of carbonyl (C=O) groups is 1. The van der Waals surface area contributed by atoms with Gasteiger partial charge >= 0.3 is 0 Å². The summed E-state index contributed by atoms with van der Waals surface area (Å²) in [6.07, 6.45) is 0. The van der Waals surface area contributed by atoms with Crippen LogP contribution in [0.25, 0.3) is 0 Å². The summed E-state index contributed by atoms with van der Waals surface area (Å²) < 4.78 is 5.05. The number of amides is 1. The molecule has 5 heteroatoms. The van der Waals surface area contributed by atoms with Crippen LogP contribution in [0.5, 0.6) is 5.75 Å². The molecule has 98 valence electrons. The second-order valence-corrected chi connectivity index (χ2v) is 5.08. The lowest BCUT2D eigenvalue weighted by molar-refractivity contribution is -0.118. The first-order chi connectivity index (χ1) is 8.48. The van der Waals surface area contributed by atoms with Crippen LogP contribution in [0.3, 0.4) is 0 Å². The quantitative estimate of drug-likeness (QED) is 0.823. The molecule has 2 rings (SSSR count). The van der Waals surface area contributed by atoms with Gasteiger partial charge in [0.2, 0.25) is 5.91 Å². The zero-order chi connectivity index (χ0) is 13.2. The van der Waals surface area contributed by atoms with Crippen molar-refractivity contribution in [3.8, 4) is 5.75 Å². The Labute approximate surface area is 107 Å². The molecule has 3 N–H and O–H groups in total. The van der Waals surface area contributed by atoms with E-state index in [1.54, 1.807) is 7.11 Å². The van der Waals surface area contributed by atoms with Gasteiger partial charge in [-0.15, -0.1) is 0 Å². The maximum atomic E-state index is 11.8. The van der Waals surface area contributed by atoms with E-state index in [1.165, 1.54) is 0 Å². The second kappa shape index (κ2) is 4.96. The first-order valence-corrected chi connectivity index (χ1v) is 5.94. The Morgan fingerprint density at radius 1 is 1.44 bits per heavy atom. The molecule has 0 aromatic heterocycles. The van der Waals surface area contributed by atoms with Crippen LogP contribution >= 0.6 is 0 Å². The summed E-state index contributed by atoms with van der Waals surface area (Å²) in [5.41, 5.74) is 6.52. The van der Waals surface area contributed by atoms with Crippen LogP contribution in [-0.4, -0.2) is 43.1 Å². The van der Waals surface area contributed by atoms with E-state index >= 15 is 0 Å². The standard InChI is InChI=1S/C13H19N3O2/c1-13(14)8-16(9-13)7-12(17)15-10-3-5-11(18-2)6-4-10/h3-6H,7-9,14H2,1-2H3,(H,15,17). The van der Waals surface area contributed by atoms with Crippen molar-refractivity contribution >= 4 is 11.6 Å². The van der Waals surface area contributed by atoms with Crippen LogP contribution in [0, 0.1) is 0 Å². The number of hydrogen-bond donors (Lipinski definition) is 2. The number of anilines is 1. The van der Waals surface area contributed by atoms with Gasteiger partial charge in [0.15, 0.2) is 0 Å². The molecule has 0 saturated carbocycles. The number of carbonyl (C=O) groups excluding carboxylic acids is 1. The van der Waals surface area contributed by atoms with E-state index in [1.807, 2.05) is 36.1 Å². The summed E-state index contributed by atoms with van der Waals surface area (Å²) in [6.45, 7) is 3.91. The topological polar surface area (TPSA) is 67.6 Å². The Kier molecular flexibility index (Phi) is 3.54. The number of nitrogens with two attached hydrogens (primary N) is 1. The normalized spacial score (nSPS) is 17.9. The van der Waals surface area contributed by atoms with Gasteiger partial charge in [-0.05, 0) is 31.2 Å². The predicted octanol–water partition coefficient (Wildman–Crippen LogP) is 0.667. The lowest BCUT2D eigenvalue weighted by atomic mass is 9.94. The molecule has 1 aliphatic heterocycles. The van der Waals surface area contributed by atoms with Gasteiger partial charge in [-0.1, -0.05) is 0 Å². The highest BCUT2D eigenvalue weighted by Gasteiger charge is 2.35. The third-order valence-electron chi connectivity index (χ3n) is 2.91. The van der Waals surface area contributed by atoms with Gasteiger partial charge in [-0.3, -0.25) is 9.69 Å². The van der Waals surface area contributed by atoms with Crippen molar-refractivity contribution in [2.45, 2.75) is 12.5 Å². The molecule has 0 unspecified atom stereocenters. The van der Waals surface area contributed by atoms with E-state index in [9.17, 15) is 4.79 Å². The summed E-state index contributed by atoms with van der Waals surface area (Å²) in [6, 6.07) is 7.27. The average molecular weight is 249 g/mol. The van der Waals surface area contributed by atoms with Gasteiger partial charge in [0.1, 0.15) is 5.75 Å². The minimum Gasteiger partial charge on any atom is -0.497 e. The van der Waals surface area contributed by atoms with Crippen LogP contribution in [0.4, 0.5) is 5.69 Å². The number of benzene rings is 1. The second-order valence-electron chi connectivity index (χ2n) is 5.08. The molecule has 0 spiro atoms. The number of rotatable bonds is 4. The maximum absolute atomic E-state index is 11.8. The molecule has 0 aliphatic carbocycles. The smallest absolute Gasteiger partial charge is 0.238 e. The monoisotopic (exact) mass is 249 g/mol. The first kappa shape index (κ1) is 12.9. The Bertz CT molecular complexity index is 420. The fourth-order valence-corrected chi connectivity index (χ4v) is 2.17. The Morgan fingerprint density at radius 2 is 2.06 bits per heavy atom. The molecule has 1 heterocycles. The zero-order valence-corrected chi connectivity index (χ0v) is 10.8. The Balaban J connectivity index is 1.80. The van der Waals surface area contributed by atoms with Crippen LogP contribution in [0.1, 0.15) is 6.92 Å². The molecule has 1 aromatic rings. The molecule has 18 heavy (non-hydrogen) atoms. The van der Waals surface area contributed by atoms with Gasteiger partial charge in [0.05, 0.1) is 13.7 Å². The summed E-state index contributed by atoms with van der Waals surface area (Å²) in [5, 5.41) is 2.84. The largest absolute Gasteiger partial charge is 0.497 e. The van der Waals surface area contributed by atoms with Gasteiger partial charge in [-0.25, -0.2) is 0 Å². The van der Waals surface area contributed by atoms with E-state index in [2.05, 4.69) is 5.32 Å². The van der Waals surface area contributed by atoms with Crippen molar-refractivity contribution in [3.05, 3.63) is 24.3 Å². The molecular weight excluding hydrogens is 230 g/mol. The van der Waals surface area contributed by atoms with E-state index < -0.39 is 0 Å². The molecule has 0 radical (unpaired) electrons. The van der Waals surface area contributed by atoms with Gasteiger partial charge in [0, 0.05) is 24.3 Å². The molecule has 0 bridgehead atoms. The van der Waals surface area contributed by atoms with Crippen molar-refractivity contribution < 1.29 is 9.53 Å². The molecular formula is C13H19N3O2. The Morgan fingerprint density at radius 3 is 2.56 bits per heavy atom. The number of nitrogens with one attached hydrogen (secondary N) is 1. The van der Waals surface area contributed by atoms with Crippen LogP contribution in [0.2, 0.25) is 0 Å². The summed E-state index contributed by atoms with van der Waals surface area (Å²) in [5.74, 6) is 0.755. The highest BCUT2D eigenvalue weighted by molar-refractivity contribution is 5.92. The summed E-state index contributed by atoms with van der Waals surface area (Å²) in [7, 11) is 1.61. The molecule has 1 aromatic carbocycles. The van der Waals surface area contributed by atoms with Crippen molar-refractivity contribution in [3.63, 3.8) is 0 Å². The molecule has 1 fully saturated rings. The third-order valence-corrected chi connectivity index (χ3v) is 2.91. The van der Waals surface area contributed by atoms with Crippen LogP contribution in [0.15, 0.2) is 24.3 Å². The highest BCUT2D eigenvalue weighted by atomic mass is 16.5. The Hall–Kier alpha value is -1.59. The highest BCUT2D eigenvalue weighted by Crippen LogP contribution is 2.17. The zero-order valence-electron chi connectivity index (χ0n) is 10.8. The molecule has 0 atom stereocenters. The lowest BCUT2D eigenvalue weighted by Gasteiger charge is -2.44. The fraction of sp³-hybridized carbons (Fsp3) is 0.462. The van der Waals surface area contributed by atoms with Crippen LogP contribution < -0.4 is 15.8 Å². The first-order valence-electron chi connectivity index (χ1n) is 5.94. The van der Waals surface area contributed by atoms with E-state index in [-0.39, 0.29) is 11.4 Å². The number of nitrogens with zero attached hydrogens (tertiary/aromatic N) is 1.